The minimum Gasteiger partial charge on any atom is -0.399 e. The normalized spacial score (nSPS) is 10.3. The molecule has 0 spiro atoms. The van der Waals surface area contributed by atoms with Crippen LogP contribution in [0.5, 0.6) is 0 Å². The van der Waals surface area contributed by atoms with Gasteiger partial charge in [-0.3, -0.25) is 4.79 Å². The zero-order valence-corrected chi connectivity index (χ0v) is 12.9. The summed E-state index contributed by atoms with van der Waals surface area (Å²) in [5.74, 6) is -0.0543. The molecule has 0 saturated carbocycles. The third kappa shape index (κ3) is 3.34. The summed E-state index contributed by atoms with van der Waals surface area (Å²) in [4.78, 5) is 13.8. The number of aryl methyl sites for hydroxylation is 2. The molecule has 0 aromatic heterocycles. The maximum atomic E-state index is 12.2. The van der Waals surface area contributed by atoms with Crippen LogP contribution in [-0.4, -0.2) is 24.9 Å². The van der Waals surface area contributed by atoms with Crippen molar-refractivity contribution in [3.05, 3.63) is 53.1 Å². The molecule has 0 atom stereocenters. The third-order valence-corrected chi connectivity index (χ3v) is 3.47. The van der Waals surface area contributed by atoms with Crippen molar-refractivity contribution in [2.75, 3.05) is 25.1 Å². The van der Waals surface area contributed by atoms with E-state index < -0.39 is 0 Å². The van der Waals surface area contributed by atoms with E-state index in [2.05, 4.69) is 31.3 Å². The van der Waals surface area contributed by atoms with Gasteiger partial charge in [0, 0.05) is 25.5 Å². The number of amides is 1. The molecular formula is C17H21N3O. The van der Waals surface area contributed by atoms with Gasteiger partial charge in [0.15, 0.2) is 0 Å². The Bertz CT molecular complexity index is 678. The smallest absolute Gasteiger partial charge is 0.255 e. The van der Waals surface area contributed by atoms with Gasteiger partial charge in [-0.15, -0.1) is 0 Å². The summed E-state index contributed by atoms with van der Waals surface area (Å²) in [6, 6.07) is 11.4. The first-order valence-corrected chi connectivity index (χ1v) is 6.84. The van der Waals surface area contributed by atoms with Gasteiger partial charge in [-0.2, -0.15) is 0 Å². The summed E-state index contributed by atoms with van der Waals surface area (Å²) in [6.07, 6.45) is 0. The van der Waals surface area contributed by atoms with Crippen molar-refractivity contribution < 1.29 is 4.79 Å². The number of carbonyl (C=O) groups is 1. The molecule has 4 heteroatoms. The Hall–Kier alpha value is -2.49. The Morgan fingerprint density at radius 2 is 1.76 bits per heavy atom. The van der Waals surface area contributed by atoms with Gasteiger partial charge in [-0.05, 0) is 55.3 Å². The van der Waals surface area contributed by atoms with Crippen LogP contribution in [-0.2, 0) is 0 Å². The van der Waals surface area contributed by atoms with Gasteiger partial charge in [0.2, 0.25) is 0 Å². The second-order valence-corrected chi connectivity index (χ2v) is 5.43. The number of anilines is 3. The van der Waals surface area contributed by atoms with Gasteiger partial charge < -0.3 is 16.0 Å². The lowest BCUT2D eigenvalue weighted by molar-refractivity contribution is 0.0828. The van der Waals surface area contributed by atoms with E-state index in [4.69, 9.17) is 5.73 Å². The molecule has 0 heterocycles. The summed E-state index contributed by atoms with van der Waals surface area (Å²) in [7, 11) is 3.47. The van der Waals surface area contributed by atoms with Crippen molar-refractivity contribution in [3.8, 4) is 0 Å². The number of benzene rings is 2. The minimum atomic E-state index is -0.0543. The summed E-state index contributed by atoms with van der Waals surface area (Å²) >= 11 is 0. The molecule has 0 aliphatic rings. The molecule has 21 heavy (non-hydrogen) atoms. The van der Waals surface area contributed by atoms with Crippen LogP contribution in [0.4, 0.5) is 17.1 Å². The van der Waals surface area contributed by atoms with Gasteiger partial charge in [0.05, 0.1) is 11.3 Å². The molecule has 4 nitrogen and oxygen atoms in total. The number of nitrogens with one attached hydrogen (secondary N) is 1. The van der Waals surface area contributed by atoms with E-state index in [-0.39, 0.29) is 5.91 Å². The zero-order chi connectivity index (χ0) is 15.6. The topological polar surface area (TPSA) is 58.4 Å². The van der Waals surface area contributed by atoms with Crippen LogP contribution in [0, 0.1) is 13.8 Å². The first-order valence-electron chi connectivity index (χ1n) is 6.84. The maximum absolute atomic E-state index is 12.2. The van der Waals surface area contributed by atoms with E-state index in [1.807, 2.05) is 6.07 Å². The molecule has 0 unspecified atom stereocenters. The molecular weight excluding hydrogens is 262 g/mol. The highest BCUT2D eigenvalue weighted by atomic mass is 16.2. The quantitative estimate of drug-likeness (QED) is 0.849. The number of carbonyl (C=O) groups excluding carboxylic acids is 1. The minimum absolute atomic E-state index is 0.0543. The first-order chi connectivity index (χ1) is 9.88. The molecule has 1 amide bonds. The van der Waals surface area contributed by atoms with Gasteiger partial charge in [-0.25, -0.2) is 0 Å². The van der Waals surface area contributed by atoms with Crippen LogP contribution in [0.3, 0.4) is 0 Å². The van der Waals surface area contributed by atoms with Gasteiger partial charge in [-0.1, -0.05) is 6.07 Å². The Kier molecular flexibility index (Phi) is 4.17. The monoisotopic (exact) mass is 283 g/mol. The van der Waals surface area contributed by atoms with Crippen molar-refractivity contribution in [3.63, 3.8) is 0 Å². The average Bonchev–Trinajstić information content (AvgIpc) is 2.42. The van der Waals surface area contributed by atoms with Gasteiger partial charge in [0.25, 0.3) is 5.91 Å². The molecule has 3 N–H and O–H groups in total. The maximum Gasteiger partial charge on any atom is 0.255 e. The number of nitrogen functional groups attached to an aromatic ring is 1. The Balaban J connectivity index is 2.40. The van der Waals surface area contributed by atoms with Crippen LogP contribution in [0.2, 0.25) is 0 Å². The lowest BCUT2D eigenvalue weighted by Gasteiger charge is -2.16. The number of nitrogens with zero attached hydrogens (tertiary/aromatic N) is 1. The Morgan fingerprint density at radius 3 is 2.38 bits per heavy atom. The van der Waals surface area contributed by atoms with Crippen molar-refractivity contribution in [2.45, 2.75) is 13.8 Å². The fraction of sp³-hybridized carbons (Fsp3) is 0.235. The summed E-state index contributed by atoms with van der Waals surface area (Å²) in [5.41, 5.74) is 11.2. The molecule has 2 aromatic carbocycles. The Labute approximate surface area is 125 Å². The number of nitrogens with two attached hydrogens (primary N) is 1. The molecule has 2 rings (SSSR count). The fourth-order valence-corrected chi connectivity index (χ4v) is 2.07. The number of rotatable bonds is 3. The largest absolute Gasteiger partial charge is 0.399 e. The highest BCUT2D eigenvalue weighted by Crippen LogP contribution is 2.25. The summed E-state index contributed by atoms with van der Waals surface area (Å²) in [5, 5.41) is 3.29. The van der Waals surface area contributed by atoms with Crippen molar-refractivity contribution in [1.29, 1.82) is 0 Å². The van der Waals surface area contributed by atoms with Gasteiger partial charge >= 0.3 is 0 Å². The third-order valence-electron chi connectivity index (χ3n) is 3.47. The second-order valence-electron chi connectivity index (χ2n) is 5.43. The SMILES string of the molecule is Cc1ccc(Nc2cc(N)ccc2C(=O)N(C)C)cc1C. The molecule has 0 aliphatic heterocycles. The van der Waals surface area contributed by atoms with Crippen LogP contribution < -0.4 is 11.1 Å². The molecule has 0 aliphatic carbocycles. The lowest BCUT2D eigenvalue weighted by Crippen LogP contribution is -2.22. The van der Waals surface area contributed by atoms with E-state index in [1.54, 1.807) is 37.2 Å². The van der Waals surface area contributed by atoms with E-state index >= 15 is 0 Å². The molecule has 0 radical (unpaired) electrons. The van der Waals surface area contributed by atoms with Crippen molar-refractivity contribution >= 4 is 23.0 Å². The van der Waals surface area contributed by atoms with E-state index in [1.165, 1.54) is 11.1 Å². The lowest BCUT2D eigenvalue weighted by atomic mass is 10.1. The van der Waals surface area contributed by atoms with Crippen molar-refractivity contribution in [1.82, 2.24) is 4.90 Å². The number of hydrogen-bond acceptors (Lipinski definition) is 3. The van der Waals surface area contributed by atoms with Gasteiger partial charge in [0.1, 0.15) is 0 Å². The highest BCUT2D eigenvalue weighted by Gasteiger charge is 2.14. The predicted molar refractivity (Wildman–Crippen MR) is 88.1 cm³/mol. The molecule has 0 fully saturated rings. The first kappa shape index (κ1) is 14.9. The Morgan fingerprint density at radius 1 is 1.05 bits per heavy atom. The summed E-state index contributed by atoms with van der Waals surface area (Å²) < 4.78 is 0. The van der Waals surface area contributed by atoms with Crippen LogP contribution in [0.1, 0.15) is 21.5 Å². The second kappa shape index (κ2) is 5.87. The van der Waals surface area contributed by atoms with Crippen molar-refractivity contribution in [2.24, 2.45) is 0 Å². The van der Waals surface area contributed by atoms with E-state index in [0.29, 0.717) is 11.3 Å². The van der Waals surface area contributed by atoms with Crippen LogP contribution >= 0.6 is 0 Å². The number of hydrogen-bond donors (Lipinski definition) is 2. The van der Waals surface area contributed by atoms with Crippen LogP contribution in [0.25, 0.3) is 0 Å². The average molecular weight is 283 g/mol. The van der Waals surface area contributed by atoms with E-state index in [0.717, 1.165) is 11.4 Å². The fourth-order valence-electron chi connectivity index (χ4n) is 2.07. The predicted octanol–water partition coefficient (Wildman–Crippen LogP) is 3.33. The molecule has 2 aromatic rings. The zero-order valence-electron chi connectivity index (χ0n) is 12.9. The highest BCUT2D eigenvalue weighted by molar-refractivity contribution is 6.00. The molecule has 0 bridgehead atoms. The standard InChI is InChI=1S/C17H21N3O/c1-11-5-7-14(9-12(11)2)19-16-10-13(18)6-8-15(16)17(21)20(3)4/h5-10,19H,18H2,1-4H3. The molecule has 0 saturated heterocycles. The van der Waals surface area contributed by atoms with E-state index in [9.17, 15) is 4.79 Å². The van der Waals surface area contributed by atoms with Crippen LogP contribution in [0.15, 0.2) is 36.4 Å². The molecule has 110 valence electrons. The summed E-state index contributed by atoms with van der Waals surface area (Å²) in [6.45, 7) is 4.13.